The van der Waals surface area contributed by atoms with Crippen LogP contribution in [0.3, 0.4) is 0 Å². The molecule has 0 fully saturated rings. The molecule has 0 atom stereocenters. The first-order chi connectivity index (χ1) is 13.9. The summed E-state index contributed by atoms with van der Waals surface area (Å²) < 4.78 is 5.23. The van der Waals surface area contributed by atoms with Crippen molar-refractivity contribution in [1.29, 1.82) is 0 Å². The Morgan fingerprint density at radius 3 is 2.55 bits per heavy atom. The van der Waals surface area contributed by atoms with Crippen LogP contribution in [-0.2, 0) is 16.0 Å². The standard InChI is InChI=1S/C21H20N2O4S2/c1-13-19(29-20(23-13)15-6-4-3-5-7-15)21(26)27-12-17(25)18-9-8-16(28-18)10-11-22-14(2)24/h3-9H,10-12H2,1-2H3,(H,22,24). The minimum Gasteiger partial charge on any atom is -0.453 e. The molecule has 1 N–H and O–H groups in total. The number of rotatable bonds is 8. The van der Waals surface area contributed by atoms with E-state index in [1.54, 1.807) is 13.0 Å². The predicted molar refractivity (Wildman–Crippen MR) is 114 cm³/mol. The average Bonchev–Trinajstić information content (AvgIpc) is 3.33. The molecule has 0 saturated heterocycles. The summed E-state index contributed by atoms with van der Waals surface area (Å²) in [6, 6.07) is 13.2. The monoisotopic (exact) mass is 428 g/mol. The van der Waals surface area contributed by atoms with Crippen molar-refractivity contribution in [3.05, 3.63) is 62.8 Å². The number of aryl methyl sites for hydroxylation is 1. The quantitative estimate of drug-likeness (QED) is 0.434. The van der Waals surface area contributed by atoms with E-state index < -0.39 is 5.97 Å². The normalized spacial score (nSPS) is 10.6. The molecule has 6 nitrogen and oxygen atoms in total. The number of carbonyl (C=O) groups is 3. The SMILES string of the molecule is CC(=O)NCCc1ccc(C(=O)COC(=O)c2sc(-c3ccccc3)nc2C)s1. The molecule has 3 rings (SSSR count). The van der Waals surface area contributed by atoms with Gasteiger partial charge >= 0.3 is 5.97 Å². The van der Waals surface area contributed by atoms with Crippen molar-refractivity contribution in [3.63, 3.8) is 0 Å². The zero-order valence-corrected chi connectivity index (χ0v) is 17.7. The van der Waals surface area contributed by atoms with E-state index in [1.165, 1.54) is 29.6 Å². The van der Waals surface area contributed by atoms with Crippen LogP contribution in [0.4, 0.5) is 0 Å². The molecule has 0 saturated carbocycles. The Hall–Kier alpha value is -2.84. The summed E-state index contributed by atoms with van der Waals surface area (Å²) in [5.41, 5.74) is 1.52. The minimum atomic E-state index is -0.544. The number of thiophene rings is 1. The van der Waals surface area contributed by atoms with Crippen LogP contribution in [0.5, 0.6) is 0 Å². The van der Waals surface area contributed by atoms with E-state index in [0.717, 1.165) is 15.4 Å². The molecule has 150 valence electrons. The first kappa shape index (κ1) is 20.9. The van der Waals surface area contributed by atoms with Crippen molar-refractivity contribution in [2.45, 2.75) is 20.3 Å². The highest BCUT2D eigenvalue weighted by Gasteiger charge is 2.19. The molecule has 0 aliphatic rings. The van der Waals surface area contributed by atoms with Gasteiger partial charge in [-0.05, 0) is 25.5 Å². The Morgan fingerprint density at radius 1 is 1.07 bits per heavy atom. The second-order valence-corrected chi connectivity index (χ2v) is 8.47. The number of ketones is 1. The van der Waals surface area contributed by atoms with Gasteiger partial charge in [0.15, 0.2) is 6.61 Å². The van der Waals surface area contributed by atoms with Gasteiger partial charge in [0.05, 0.1) is 10.6 Å². The number of ether oxygens (including phenoxy) is 1. The molecule has 0 bridgehead atoms. The number of nitrogens with zero attached hydrogens (tertiary/aromatic N) is 1. The van der Waals surface area contributed by atoms with Gasteiger partial charge in [0.2, 0.25) is 11.7 Å². The maximum Gasteiger partial charge on any atom is 0.350 e. The predicted octanol–water partition coefficient (Wildman–Crippen LogP) is 3.90. The van der Waals surface area contributed by atoms with Crippen molar-refractivity contribution < 1.29 is 19.1 Å². The van der Waals surface area contributed by atoms with Gasteiger partial charge in [0, 0.05) is 23.9 Å². The number of esters is 1. The Balaban J connectivity index is 1.57. The molecule has 8 heteroatoms. The van der Waals surface area contributed by atoms with Gasteiger partial charge in [-0.25, -0.2) is 9.78 Å². The lowest BCUT2D eigenvalue weighted by Crippen LogP contribution is -2.22. The molecule has 1 aromatic carbocycles. The zero-order valence-electron chi connectivity index (χ0n) is 16.1. The van der Waals surface area contributed by atoms with Crippen LogP contribution in [0, 0.1) is 6.92 Å². The van der Waals surface area contributed by atoms with Crippen molar-refractivity contribution >= 4 is 40.3 Å². The number of nitrogens with one attached hydrogen (secondary N) is 1. The first-order valence-corrected chi connectivity index (χ1v) is 10.6. The van der Waals surface area contributed by atoms with Gasteiger partial charge in [0.1, 0.15) is 9.88 Å². The largest absolute Gasteiger partial charge is 0.453 e. The molecule has 2 aromatic heterocycles. The number of hydrogen-bond donors (Lipinski definition) is 1. The number of amides is 1. The molecule has 2 heterocycles. The van der Waals surface area contributed by atoms with E-state index in [0.29, 0.717) is 28.4 Å². The fourth-order valence-corrected chi connectivity index (χ4v) is 4.48. The molecule has 0 spiro atoms. The van der Waals surface area contributed by atoms with Crippen LogP contribution in [0.1, 0.15) is 36.8 Å². The number of aromatic nitrogens is 1. The Bertz CT molecular complexity index is 1020. The van der Waals surface area contributed by atoms with Crippen LogP contribution in [-0.4, -0.2) is 35.8 Å². The van der Waals surface area contributed by atoms with Crippen LogP contribution in [0.2, 0.25) is 0 Å². The number of carbonyl (C=O) groups excluding carboxylic acids is 3. The molecule has 0 unspecified atom stereocenters. The summed E-state index contributed by atoms with van der Waals surface area (Å²) in [4.78, 5) is 42.0. The average molecular weight is 429 g/mol. The van der Waals surface area contributed by atoms with E-state index in [2.05, 4.69) is 10.3 Å². The molecule has 3 aromatic rings. The summed E-state index contributed by atoms with van der Waals surface area (Å²) >= 11 is 2.60. The molecular weight excluding hydrogens is 408 g/mol. The fourth-order valence-electron chi connectivity index (χ4n) is 2.58. The molecule has 0 radical (unpaired) electrons. The summed E-state index contributed by atoms with van der Waals surface area (Å²) in [5.74, 6) is -0.879. The highest BCUT2D eigenvalue weighted by molar-refractivity contribution is 7.17. The third-order valence-corrected chi connectivity index (χ3v) is 6.39. The Labute approximate surface area is 176 Å². The lowest BCUT2D eigenvalue weighted by Gasteiger charge is -2.02. The first-order valence-electron chi connectivity index (χ1n) is 9.00. The maximum absolute atomic E-state index is 12.4. The molecular formula is C21H20N2O4S2. The third kappa shape index (κ3) is 5.58. The van der Waals surface area contributed by atoms with Gasteiger partial charge in [-0.2, -0.15) is 0 Å². The second kappa shape index (κ2) is 9.58. The van der Waals surface area contributed by atoms with Gasteiger partial charge in [-0.3, -0.25) is 9.59 Å². The van der Waals surface area contributed by atoms with Crippen LogP contribution >= 0.6 is 22.7 Å². The summed E-state index contributed by atoms with van der Waals surface area (Å²) in [7, 11) is 0. The topological polar surface area (TPSA) is 85.4 Å². The summed E-state index contributed by atoms with van der Waals surface area (Å²) in [5, 5.41) is 3.46. The summed E-state index contributed by atoms with van der Waals surface area (Å²) in [6.45, 7) is 3.42. The zero-order chi connectivity index (χ0) is 20.8. The number of hydrogen-bond acceptors (Lipinski definition) is 7. The highest BCUT2D eigenvalue weighted by atomic mass is 32.1. The smallest absolute Gasteiger partial charge is 0.350 e. The van der Waals surface area contributed by atoms with E-state index >= 15 is 0 Å². The fraction of sp³-hybridized carbons (Fsp3) is 0.238. The van der Waals surface area contributed by atoms with Gasteiger partial charge in [0.25, 0.3) is 0 Å². The van der Waals surface area contributed by atoms with E-state index in [1.807, 2.05) is 36.4 Å². The maximum atomic E-state index is 12.4. The summed E-state index contributed by atoms with van der Waals surface area (Å²) in [6.07, 6.45) is 0.652. The van der Waals surface area contributed by atoms with Crippen LogP contribution in [0.15, 0.2) is 42.5 Å². The minimum absolute atomic E-state index is 0.0847. The Kier molecular flexibility index (Phi) is 6.90. The number of thiazole rings is 1. The lowest BCUT2D eigenvalue weighted by atomic mass is 10.2. The number of benzene rings is 1. The van der Waals surface area contributed by atoms with E-state index in [9.17, 15) is 14.4 Å². The molecule has 1 amide bonds. The molecule has 29 heavy (non-hydrogen) atoms. The Morgan fingerprint density at radius 2 is 1.83 bits per heavy atom. The second-order valence-electron chi connectivity index (χ2n) is 6.30. The molecule has 0 aliphatic heterocycles. The van der Waals surface area contributed by atoms with Crippen LogP contribution in [0.25, 0.3) is 10.6 Å². The van der Waals surface area contributed by atoms with Crippen molar-refractivity contribution in [2.75, 3.05) is 13.2 Å². The number of Topliss-reactive ketones (excluding diaryl/α,β-unsaturated/α-hetero) is 1. The van der Waals surface area contributed by atoms with E-state index in [4.69, 9.17) is 4.74 Å². The van der Waals surface area contributed by atoms with Crippen molar-refractivity contribution in [3.8, 4) is 10.6 Å². The van der Waals surface area contributed by atoms with Gasteiger partial charge < -0.3 is 10.1 Å². The highest BCUT2D eigenvalue weighted by Crippen LogP contribution is 2.28. The van der Waals surface area contributed by atoms with Gasteiger partial charge in [-0.15, -0.1) is 22.7 Å². The van der Waals surface area contributed by atoms with E-state index in [-0.39, 0.29) is 18.3 Å². The lowest BCUT2D eigenvalue weighted by molar-refractivity contribution is -0.118. The molecule has 0 aliphatic carbocycles. The van der Waals surface area contributed by atoms with Crippen LogP contribution < -0.4 is 5.32 Å². The third-order valence-electron chi connectivity index (χ3n) is 4.02. The van der Waals surface area contributed by atoms with Gasteiger partial charge in [-0.1, -0.05) is 30.3 Å². The van der Waals surface area contributed by atoms with Crippen molar-refractivity contribution in [1.82, 2.24) is 10.3 Å². The van der Waals surface area contributed by atoms with Crippen molar-refractivity contribution in [2.24, 2.45) is 0 Å².